The molecule has 0 atom stereocenters. The van der Waals surface area contributed by atoms with Gasteiger partial charge in [-0.2, -0.15) is 0 Å². The fourth-order valence-corrected chi connectivity index (χ4v) is 3.91. The molecule has 0 bridgehead atoms. The van der Waals surface area contributed by atoms with Crippen LogP contribution < -0.4 is 10.6 Å². The number of carbonyl (C=O) groups is 2. The molecular weight excluding hydrogens is 504 g/mol. The van der Waals surface area contributed by atoms with Crippen molar-refractivity contribution in [2.24, 2.45) is 0 Å². The number of nitrogens with zero attached hydrogens (tertiary/aromatic N) is 1. The quantitative estimate of drug-likeness (QED) is 0.236. The van der Waals surface area contributed by atoms with Gasteiger partial charge in [-0.3, -0.25) is 9.59 Å². The maximum Gasteiger partial charge on any atom is 0.255 e. The van der Waals surface area contributed by atoms with E-state index in [2.05, 4.69) is 36.5 Å². The van der Waals surface area contributed by atoms with Gasteiger partial charge in [0, 0.05) is 32.5 Å². The van der Waals surface area contributed by atoms with Crippen molar-refractivity contribution in [3.63, 3.8) is 0 Å². The molecule has 0 fully saturated rings. The Labute approximate surface area is 210 Å². The van der Waals surface area contributed by atoms with Crippen LogP contribution in [0, 0.1) is 6.92 Å². The topological polar surface area (TPSA) is 86.9 Å². The third-order valence-electron chi connectivity index (χ3n) is 5.58. The number of carbonyl (C=O) groups excluding carboxylic acids is 2. The van der Waals surface area contributed by atoms with Crippen molar-refractivity contribution in [1.29, 1.82) is 0 Å². The summed E-state index contributed by atoms with van der Waals surface area (Å²) in [6.07, 6.45) is 0. The van der Waals surface area contributed by atoms with Gasteiger partial charge in [0.1, 0.15) is 5.82 Å². The Bertz CT molecular complexity index is 1520. The number of nitrogens with one attached hydrogen (secondary N) is 3. The lowest BCUT2D eigenvalue weighted by molar-refractivity contribution is 0.101. The molecule has 0 radical (unpaired) electrons. The van der Waals surface area contributed by atoms with Crippen LogP contribution in [0.1, 0.15) is 26.3 Å². The predicted molar refractivity (Wildman–Crippen MR) is 143 cm³/mol. The van der Waals surface area contributed by atoms with Crippen LogP contribution in [0.5, 0.6) is 0 Å². The van der Waals surface area contributed by atoms with Gasteiger partial charge in [0.2, 0.25) is 0 Å². The van der Waals surface area contributed by atoms with Gasteiger partial charge in [0.15, 0.2) is 0 Å². The van der Waals surface area contributed by atoms with Crippen LogP contribution in [-0.2, 0) is 0 Å². The van der Waals surface area contributed by atoms with E-state index in [-0.39, 0.29) is 11.8 Å². The number of imidazole rings is 1. The van der Waals surface area contributed by atoms with Gasteiger partial charge in [-0.15, -0.1) is 0 Å². The summed E-state index contributed by atoms with van der Waals surface area (Å²) in [7, 11) is 0. The van der Waals surface area contributed by atoms with Crippen molar-refractivity contribution >= 4 is 50.2 Å². The van der Waals surface area contributed by atoms with Crippen LogP contribution >= 0.6 is 15.9 Å². The first-order valence-corrected chi connectivity index (χ1v) is 11.8. The van der Waals surface area contributed by atoms with E-state index in [4.69, 9.17) is 0 Å². The van der Waals surface area contributed by atoms with E-state index in [1.165, 1.54) is 0 Å². The number of H-pyrrole nitrogens is 1. The number of anilines is 2. The zero-order chi connectivity index (χ0) is 24.4. The van der Waals surface area contributed by atoms with Crippen molar-refractivity contribution in [1.82, 2.24) is 9.97 Å². The lowest BCUT2D eigenvalue weighted by Crippen LogP contribution is -2.11. The molecule has 35 heavy (non-hydrogen) atoms. The fraction of sp³-hybridized carbons (Fsp3) is 0.0357. The minimum atomic E-state index is -0.181. The van der Waals surface area contributed by atoms with E-state index >= 15 is 0 Å². The Morgan fingerprint density at radius 1 is 0.743 bits per heavy atom. The van der Waals surface area contributed by atoms with Gasteiger partial charge in [0.25, 0.3) is 11.8 Å². The molecule has 2 amide bonds. The Hall–Kier alpha value is -4.23. The molecule has 0 unspecified atom stereocenters. The van der Waals surface area contributed by atoms with Crippen molar-refractivity contribution in [3.8, 4) is 11.4 Å². The van der Waals surface area contributed by atoms with Crippen molar-refractivity contribution in [3.05, 3.63) is 112 Å². The molecule has 172 valence electrons. The van der Waals surface area contributed by atoms with Crippen LogP contribution in [-0.4, -0.2) is 21.8 Å². The summed E-state index contributed by atoms with van der Waals surface area (Å²) in [6.45, 7) is 1.99. The minimum Gasteiger partial charge on any atom is -0.338 e. The predicted octanol–water partition coefficient (Wildman–Crippen LogP) is 6.81. The normalized spacial score (nSPS) is 10.8. The SMILES string of the molecule is Cc1ccc(C(=O)Nc2ccc(-c3nc4ccc(NC(=O)c5ccc(Br)cc5)cc4[nH]3)cc2)cc1. The van der Waals surface area contributed by atoms with Crippen LogP contribution in [0.2, 0.25) is 0 Å². The van der Waals surface area contributed by atoms with Crippen molar-refractivity contribution in [2.45, 2.75) is 6.92 Å². The maximum absolute atomic E-state index is 12.5. The molecule has 0 aliphatic rings. The summed E-state index contributed by atoms with van der Waals surface area (Å²) in [4.78, 5) is 32.9. The van der Waals surface area contributed by atoms with Gasteiger partial charge in [-0.25, -0.2) is 4.98 Å². The smallest absolute Gasteiger partial charge is 0.255 e. The van der Waals surface area contributed by atoms with Crippen LogP contribution in [0.4, 0.5) is 11.4 Å². The standard InChI is InChI=1S/C28H21BrN4O2/c1-17-2-4-19(5-3-17)27(34)30-22-12-8-18(9-13-22)26-32-24-15-14-23(16-25(24)33-26)31-28(35)20-6-10-21(29)11-7-20/h2-16H,1H3,(H,30,34)(H,31,35)(H,32,33). The highest BCUT2D eigenvalue weighted by atomic mass is 79.9. The summed E-state index contributed by atoms with van der Waals surface area (Å²) >= 11 is 3.37. The van der Waals surface area contributed by atoms with Gasteiger partial charge < -0.3 is 15.6 Å². The molecule has 0 aliphatic carbocycles. The van der Waals surface area contributed by atoms with Gasteiger partial charge in [0.05, 0.1) is 11.0 Å². The number of hydrogen-bond acceptors (Lipinski definition) is 3. The van der Waals surface area contributed by atoms with Gasteiger partial charge in [-0.05, 0) is 85.8 Å². The molecule has 0 saturated heterocycles. The molecule has 0 spiro atoms. The summed E-state index contributed by atoms with van der Waals surface area (Å²) in [5.41, 5.74) is 6.16. The van der Waals surface area contributed by atoms with Gasteiger partial charge >= 0.3 is 0 Å². The lowest BCUT2D eigenvalue weighted by atomic mass is 10.1. The molecule has 5 aromatic rings. The number of aromatic nitrogens is 2. The highest BCUT2D eigenvalue weighted by molar-refractivity contribution is 9.10. The second kappa shape index (κ2) is 9.56. The Balaban J connectivity index is 1.30. The minimum absolute atomic E-state index is 0.154. The molecule has 1 heterocycles. The number of hydrogen-bond donors (Lipinski definition) is 3. The van der Waals surface area contributed by atoms with Crippen LogP contribution in [0.3, 0.4) is 0 Å². The monoisotopic (exact) mass is 524 g/mol. The maximum atomic E-state index is 12.5. The zero-order valence-electron chi connectivity index (χ0n) is 18.8. The van der Waals surface area contributed by atoms with Crippen LogP contribution in [0.15, 0.2) is 95.5 Å². The highest BCUT2D eigenvalue weighted by Gasteiger charge is 2.10. The van der Waals surface area contributed by atoms with Crippen molar-refractivity contribution in [2.75, 3.05) is 10.6 Å². The first kappa shape index (κ1) is 22.6. The fourth-order valence-electron chi connectivity index (χ4n) is 3.65. The molecule has 4 aromatic carbocycles. The molecule has 0 saturated carbocycles. The van der Waals surface area contributed by atoms with E-state index in [1.807, 2.05) is 85.8 Å². The summed E-state index contributed by atoms with van der Waals surface area (Å²) in [5.74, 6) is 0.367. The average molecular weight is 525 g/mol. The lowest BCUT2D eigenvalue weighted by Gasteiger charge is -2.06. The number of aromatic amines is 1. The van der Waals surface area contributed by atoms with E-state index in [9.17, 15) is 9.59 Å². The van der Waals surface area contributed by atoms with E-state index < -0.39 is 0 Å². The van der Waals surface area contributed by atoms with E-state index in [0.29, 0.717) is 28.3 Å². The number of benzene rings is 4. The highest BCUT2D eigenvalue weighted by Crippen LogP contribution is 2.25. The number of rotatable bonds is 5. The molecule has 7 heteroatoms. The zero-order valence-corrected chi connectivity index (χ0v) is 20.4. The number of aryl methyl sites for hydroxylation is 1. The third kappa shape index (κ3) is 5.15. The second-order valence-corrected chi connectivity index (χ2v) is 9.09. The summed E-state index contributed by atoms with van der Waals surface area (Å²) in [6, 6.07) is 27.7. The number of fused-ring (bicyclic) bond motifs is 1. The molecule has 6 nitrogen and oxygen atoms in total. The average Bonchev–Trinajstić information content (AvgIpc) is 3.29. The summed E-state index contributed by atoms with van der Waals surface area (Å²) < 4.78 is 0.919. The molecule has 5 rings (SSSR count). The molecule has 1 aromatic heterocycles. The molecular formula is C28H21BrN4O2. The molecule has 0 aliphatic heterocycles. The first-order chi connectivity index (χ1) is 16.9. The Kier molecular flexibility index (Phi) is 6.16. The van der Waals surface area contributed by atoms with E-state index in [1.54, 1.807) is 12.1 Å². The number of amides is 2. The first-order valence-electron chi connectivity index (χ1n) is 11.0. The van der Waals surface area contributed by atoms with Crippen LogP contribution in [0.25, 0.3) is 22.4 Å². The van der Waals surface area contributed by atoms with Gasteiger partial charge in [-0.1, -0.05) is 33.6 Å². The molecule has 3 N–H and O–H groups in total. The second-order valence-electron chi connectivity index (χ2n) is 8.18. The largest absolute Gasteiger partial charge is 0.338 e. The van der Waals surface area contributed by atoms with Crippen molar-refractivity contribution < 1.29 is 9.59 Å². The Morgan fingerprint density at radius 2 is 1.31 bits per heavy atom. The third-order valence-corrected chi connectivity index (χ3v) is 6.10. The van der Waals surface area contributed by atoms with E-state index in [0.717, 1.165) is 26.6 Å². The number of halogens is 1. The Morgan fingerprint density at radius 3 is 1.97 bits per heavy atom. The summed E-state index contributed by atoms with van der Waals surface area (Å²) in [5, 5.41) is 5.83.